The lowest BCUT2D eigenvalue weighted by molar-refractivity contribution is 1.10. The molecule has 4 nitrogen and oxygen atoms in total. The third-order valence-corrected chi connectivity index (χ3v) is 2.37. The summed E-state index contributed by atoms with van der Waals surface area (Å²) in [6.45, 7) is 4.01. The van der Waals surface area contributed by atoms with Gasteiger partial charge in [0.25, 0.3) is 0 Å². The van der Waals surface area contributed by atoms with Gasteiger partial charge >= 0.3 is 0 Å². The number of nitrogens with one attached hydrogen (secondary N) is 2. The quantitative estimate of drug-likeness (QED) is 0.848. The molecule has 2 aromatic rings. The summed E-state index contributed by atoms with van der Waals surface area (Å²) in [6, 6.07) is 10.1. The molecule has 0 aliphatic carbocycles. The Hall–Kier alpha value is -2.10. The van der Waals surface area contributed by atoms with E-state index in [-0.39, 0.29) is 0 Å². The summed E-state index contributed by atoms with van der Waals surface area (Å²) >= 11 is 0. The van der Waals surface area contributed by atoms with E-state index in [9.17, 15) is 0 Å². The highest BCUT2D eigenvalue weighted by molar-refractivity contribution is 5.58. The fraction of sp³-hybridized carbons (Fsp3) is 0.231. The van der Waals surface area contributed by atoms with E-state index < -0.39 is 0 Å². The van der Waals surface area contributed by atoms with Crippen LogP contribution in [0.2, 0.25) is 0 Å². The van der Waals surface area contributed by atoms with Gasteiger partial charge in [-0.25, -0.2) is 4.98 Å². The van der Waals surface area contributed by atoms with E-state index >= 15 is 0 Å². The van der Waals surface area contributed by atoms with Crippen LogP contribution in [0.5, 0.6) is 0 Å². The predicted molar refractivity (Wildman–Crippen MR) is 70.8 cm³/mol. The molecule has 0 spiro atoms. The third-order valence-electron chi connectivity index (χ3n) is 2.37. The Balaban J connectivity index is 2.26. The lowest BCUT2D eigenvalue weighted by Crippen LogP contribution is -2.01. The minimum Gasteiger partial charge on any atom is -0.357 e. The molecule has 0 fully saturated rings. The second kappa shape index (κ2) is 4.82. The zero-order valence-electron chi connectivity index (χ0n) is 10.3. The SMILES string of the molecule is CNc1nc(C)cc(Nc2cccc(C)c2)n1. The predicted octanol–water partition coefficient (Wildman–Crippen LogP) is 2.88. The number of nitrogens with zero attached hydrogens (tertiary/aromatic N) is 2. The van der Waals surface area contributed by atoms with Gasteiger partial charge in [-0.2, -0.15) is 4.98 Å². The average Bonchev–Trinajstić information content (AvgIpc) is 2.28. The number of rotatable bonds is 3. The Labute approximate surface area is 101 Å². The molecule has 0 atom stereocenters. The molecule has 1 heterocycles. The van der Waals surface area contributed by atoms with Crippen molar-refractivity contribution in [1.82, 2.24) is 9.97 Å². The van der Waals surface area contributed by atoms with Crippen LogP contribution in [-0.2, 0) is 0 Å². The van der Waals surface area contributed by atoms with Crippen LogP contribution in [-0.4, -0.2) is 17.0 Å². The molecule has 0 aliphatic heterocycles. The number of hydrogen-bond donors (Lipinski definition) is 2. The van der Waals surface area contributed by atoms with Crippen LogP contribution in [0.15, 0.2) is 30.3 Å². The first-order valence-electron chi connectivity index (χ1n) is 5.54. The van der Waals surface area contributed by atoms with Gasteiger partial charge in [-0.15, -0.1) is 0 Å². The second-order valence-electron chi connectivity index (χ2n) is 3.96. The van der Waals surface area contributed by atoms with Crippen molar-refractivity contribution in [2.24, 2.45) is 0 Å². The molecule has 0 saturated heterocycles. The summed E-state index contributed by atoms with van der Waals surface area (Å²) < 4.78 is 0. The molecule has 0 amide bonds. The molecule has 0 aliphatic rings. The van der Waals surface area contributed by atoms with Gasteiger partial charge in [-0.05, 0) is 31.5 Å². The highest BCUT2D eigenvalue weighted by Gasteiger charge is 2.01. The molecule has 0 bridgehead atoms. The maximum absolute atomic E-state index is 4.34. The van der Waals surface area contributed by atoms with E-state index in [1.54, 1.807) is 0 Å². The summed E-state index contributed by atoms with van der Waals surface area (Å²) in [5, 5.41) is 6.21. The molecule has 2 rings (SSSR count). The third kappa shape index (κ3) is 2.93. The molecular formula is C13H16N4. The Bertz CT molecular complexity index is 523. The first-order chi connectivity index (χ1) is 8.17. The number of hydrogen-bond acceptors (Lipinski definition) is 4. The van der Waals surface area contributed by atoms with Gasteiger partial charge in [0.15, 0.2) is 0 Å². The van der Waals surface area contributed by atoms with Gasteiger partial charge < -0.3 is 10.6 Å². The largest absolute Gasteiger partial charge is 0.357 e. The Morgan fingerprint density at radius 1 is 1.06 bits per heavy atom. The molecule has 4 heteroatoms. The first kappa shape index (κ1) is 11.4. The van der Waals surface area contributed by atoms with Crippen molar-refractivity contribution in [2.45, 2.75) is 13.8 Å². The standard InChI is InChI=1S/C13H16N4/c1-9-5-4-6-11(7-9)16-12-8-10(2)15-13(14-3)17-12/h4-8H,1-3H3,(H2,14,15,16,17). The van der Waals surface area contributed by atoms with Crippen LogP contribution in [0.1, 0.15) is 11.3 Å². The molecule has 0 unspecified atom stereocenters. The van der Waals surface area contributed by atoms with Gasteiger partial charge in [0.1, 0.15) is 5.82 Å². The van der Waals surface area contributed by atoms with E-state index in [1.807, 2.05) is 32.2 Å². The van der Waals surface area contributed by atoms with Crippen LogP contribution in [0.3, 0.4) is 0 Å². The van der Waals surface area contributed by atoms with Crippen molar-refractivity contribution >= 4 is 17.5 Å². The van der Waals surface area contributed by atoms with Gasteiger partial charge in [0.05, 0.1) is 0 Å². The smallest absolute Gasteiger partial charge is 0.224 e. The lowest BCUT2D eigenvalue weighted by atomic mass is 10.2. The van der Waals surface area contributed by atoms with E-state index in [0.717, 1.165) is 17.2 Å². The average molecular weight is 228 g/mol. The minimum atomic E-state index is 0.625. The Kier molecular flexibility index (Phi) is 3.23. The maximum Gasteiger partial charge on any atom is 0.224 e. The van der Waals surface area contributed by atoms with Gasteiger partial charge in [-0.3, -0.25) is 0 Å². The van der Waals surface area contributed by atoms with Crippen LogP contribution in [0.25, 0.3) is 0 Å². The van der Waals surface area contributed by atoms with Gasteiger partial charge in [0, 0.05) is 24.5 Å². The fourth-order valence-electron chi connectivity index (χ4n) is 1.62. The van der Waals surface area contributed by atoms with E-state index in [4.69, 9.17) is 0 Å². The van der Waals surface area contributed by atoms with Crippen molar-refractivity contribution in [3.8, 4) is 0 Å². The highest BCUT2D eigenvalue weighted by Crippen LogP contribution is 2.17. The van der Waals surface area contributed by atoms with Crippen LogP contribution in [0.4, 0.5) is 17.5 Å². The van der Waals surface area contributed by atoms with Crippen molar-refractivity contribution in [2.75, 3.05) is 17.7 Å². The molecule has 2 N–H and O–H groups in total. The van der Waals surface area contributed by atoms with Crippen molar-refractivity contribution < 1.29 is 0 Å². The van der Waals surface area contributed by atoms with E-state index in [2.05, 4.69) is 39.7 Å². The number of anilines is 3. The van der Waals surface area contributed by atoms with Crippen molar-refractivity contribution in [3.63, 3.8) is 0 Å². The van der Waals surface area contributed by atoms with Gasteiger partial charge in [-0.1, -0.05) is 12.1 Å². The normalized spacial score (nSPS) is 10.1. The molecule has 0 radical (unpaired) electrons. The number of aromatic nitrogens is 2. The zero-order chi connectivity index (χ0) is 12.3. The Morgan fingerprint density at radius 3 is 2.59 bits per heavy atom. The lowest BCUT2D eigenvalue weighted by Gasteiger charge is -2.08. The zero-order valence-corrected chi connectivity index (χ0v) is 10.3. The van der Waals surface area contributed by atoms with Crippen LogP contribution < -0.4 is 10.6 Å². The summed E-state index contributed by atoms with van der Waals surface area (Å²) in [5.74, 6) is 1.42. The molecule has 1 aromatic heterocycles. The maximum atomic E-state index is 4.34. The topological polar surface area (TPSA) is 49.8 Å². The van der Waals surface area contributed by atoms with Crippen LogP contribution >= 0.6 is 0 Å². The number of aryl methyl sites for hydroxylation is 2. The van der Waals surface area contributed by atoms with Crippen molar-refractivity contribution in [3.05, 3.63) is 41.6 Å². The summed E-state index contributed by atoms with van der Waals surface area (Å²) in [4.78, 5) is 8.59. The minimum absolute atomic E-state index is 0.625. The number of benzene rings is 1. The molecule has 88 valence electrons. The highest BCUT2D eigenvalue weighted by atomic mass is 15.1. The molecular weight excluding hydrogens is 212 g/mol. The fourth-order valence-corrected chi connectivity index (χ4v) is 1.62. The first-order valence-corrected chi connectivity index (χ1v) is 5.54. The Morgan fingerprint density at radius 2 is 1.88 bits per heavy atom. The summed E-state index contributed by atoms with van der Waals surface area (Å²) in [5.41, 5.74) is 3.18. The summed E-state index contributed by atoms with van der Waals surface area (Å²) in [7, 11) is 1.81. The van der Waals surface area contributed by atoms with Crippen molar-refractivity contribution in [1.29, 1.82) is 0 Å². The molecule has 17 heavy (non-hydrogen) atoms. The summed E-state index contributed by atoms with van der Waals surface area (Å²) in [6.07, 6.45) is 0. The van der Waals surface area contributed by atoms with Crippen LogP contribution in [0, 0.1) is 13.8 Å². The molecule has 1 aromatic carbocycles. The second-order valence-corrected chi connectivity index (χ2v) is 3.96. The van der Waals surface area contributed by atoms with E-state index in [0.29, 0.717) is 5.95 Å². The van der Waals surface area contributed by atoms with Gasteiger partial charge in [0.2, 0.25) is 5.95 Å². The monoisotopic (exact) mass is 228 g/mol. The molecule has 0 saturated carbocycles. The van der Waals surface area contributed by atoms with E-state index in [1.165, 1.54) is 5.56 Å².